The molecule has 0 saturated heterocycles. The van der Waals surface area contributed by atoms with Crippen molar-refractivity contribution in [3.63, 3.8) is 0 Å². The molecule has 454 valence electrons. The van der Waals surface area contributed by atoms with Crippen LogP contribution >= 0.6 is 0 Å². The lowest BCUT2D eigenvalue weighted by atomic mass is 10.0. The number of hydrogen-bond donors (Lipinski definition) is 3. The van der Waals surface area contributed by atoms with E-state index in [2.05, 4.69) is 55.6 Å². The van der Waals surface area contributed by atoms with E-state index in [0.29, 0.717) is 25.9 Å². The molecule has 6 heteroatoms. The first kappa shape index (κ1) is 75.1. The van der Waals surface area contributed by atoms with Gasteiger partial charge in [-0.05, 0) is 77.0 Å². The molecule has 2 atom stereocenters. The second-order valence-electron chi connectivity index (χ2n) is 23.9. The Morgan fingerprint density at radius 3 is 1.04 bits per heavy atom. The van der Waals surface area contributed by atoms with Crippen LogP contribution in [0.25, 0.3) is 0 Å². The normalized spacial score (nSPS) is 12.7. The van der Waals surface area contributed by atoms with Crippen LogP contribution < -0.4 is 5.32 Å². The molecule has 6 nitrogen and oxygen atoms in total. The summed E-state index contributed by atoms with van der Waals surface area (Å²) in [4.78, 5) is 24.5. The van der Waals surface area contributed by atoms with E-state index in [0.717, 1.165) is 51.4 Å². The molecule has 0 aromatic carbocycles. The van der Waals surface area contributed by atoms with Crippen molar-refractivity contribution in [1.29, 1.82) is 0 Å². The molecule has 0 aliphatic carbocycles. The average molecular weight is 1080 g/mol. The van der Waals surface area contributed by atoms with Gasteiger partial charge >= 0.3 is 5.97 Å². The van der Waals surface area contributed by atoms with Crippen molar-refractivity contribution in [1.82, 2.24) is 5.32 Å². The molecule has 0 aromatic rings. The molecular weight excluding hydrogens is 947 g/mol. The largest absolute Gasteiger partial charge is 0.466 e. The molecule has 0 radical (unpaired) electrons. The Balaban J connectivity index is 3.41. The summed E-state index contributed by atoms with van der Waals surface area (Å²) in [5.74, 6) is -0.0311. The topological polar surface area (TPSA) is 95.9 Å². The van der Waals surface area contributed by atoms with Crippen molar-refractivity contribution in [2.75, 3.05) is 13.2 Å². The van der Waals surface area contributed by atoms with Gasteiger partial charge in [0.2, 0.25) is 5.91 Å². The number of aliphatic hydroxyl groups is 2. The molecule has 0 bridgehead atoms. The highest BCUT2D eigenvalue weighted by Gasteiger charge is 2.20. The third-order valence-corrected chi connectivity index (χ3v) is 16.2. The zero-order valence-electron chi connectivity index (χ0n) is 52.0. The van der Waals surface area contributed by atoms with Gasteiger partial charge in [-0.25, -0.2) is 0 Å². The number of hydrogen-bond acceptors (Lipinski definition) is 5. The van der Waals surface area contributed by atoms with Crippen LogP contribution in [-0.4, -0.2) is 47.4 Å². The first-order valence-corrected chi connectivity index (χ1v) is 34.7. The maximum absolute atomic E-state index is 12.5. The van der Waals surface area contributed by atoms with Gasteiger partial charge in [0, 0.05) is 12.8 Å². The van der Waals surface area contributed by atoms with Crippen LogP contribution in [0.15, 0.2) is 36.5 Å². The van der Waals surface area contributed by atoms with E-state index in [1.807, 2.05) is 0 Å². The summed E-state index contributed by atoms with van der Waals surface area (Å²) in [6.07, 6.45) is 84.7. The molecule has 77 heavy (non-hydrogen) atoms. The predicted octanol–water partition coefficient (Wildman–Crippen LogP) is 22.3. The number of esters is 1. The van der Waals surface area contributed by atoms with Gasteiger partial charge in [0.05, 0.1) is 25.4 Å². The number of carbonyl (C=O) groups is 2. The van der Waals surface area contributed by atoms with Gasteiger partial charge in [0.25, 0.3) is 0 Å². The van der Waals surface area contributed by atoms with Crippen molar-refractivity contribution in [2.24, 2.45) is 0 Å². The Labute approximate surface area is 481 Å². The number of carbonyl (C=O) groups excluding carboxylic acids is 2. The molecule has 0 aromatic heterocycles. The summed E-state index contributed by atoms with van der Waals surface area (Å²) >= 11 is 0. The fraction of sp³-hybridized carbons (Fsp3) is 0.887. The summed E-state index contributed by atoms with van der Waals surface area (Å²) in [5.41, 5.74) is 0. The van der Waals surface area contributed by atoms with E-state index in [4.69, 9.17) is 4.74 Å². The van der Waals surface area contributed by atoms with Crippen molar-refractivity contribution in [2.45, 2.75) is 392 Å². The third kappa shape index (κ3) is 63.1. The van der Waals surface area contributed by atoms with Crippen LogP contribution in [0.5, 0.6) is 0 Å². The maximum atomic E-state index is 12.5. The third-order valence-electron chi connectivity index (χ3n) is 16.2. The Bertz CT molecular complexity index is 1250. The van der Waals surface area contributed by atoms with Gasteiger partial charge < -0.3 is 20.3 Å². The lowest BCUT2D eigenvalue weighted by Gasteiger charge is -2.22. The quantitative estimate of drug-likeness (QED) is 0.0320. The van der Waals surface area contributed by atoms with Crippen molar-refractivity contribution < 1.29 is 24.5 Å². The number of aliphatic hydroxyl groups excluding tert-OH is 2. The zero-order chi connectivity index (χ0) is 55.7. The summed E-state index contributed by atoms with van der Waals surface area (Å²) < 4.78 is 5.46. The highest BCUT2D eigenvalue weighted by atomic mass is 16.5. The molecule has 0 aliphatic rings. The minimum Gasteiger partial charge on any atom is -0.466 e. The van der Waals surface area contributed by atoms with E-state index in [9.17, 15) is 19.8 Å². The van der Waals surface area contributed by atoms with E-state index in [1.165, 1.54) is 295 Å². The SMILES string of the molecule is CCCC/C=C\CCCCCCCC(=O)OCCCCCCCCCCC/C=C\C/C=C\CCCCCCCCCCCCCCCC(=O)NC(CO)C(O)CCCCCCCCCCCCCCCCCCCCCC. The number of nitrogens with one attached hydrogen (secondary N) is 1. The van der Waals surface area contributed by atoms with Gasteiger partial charge in [-0.1, -0.05) is 326 Å². The smallest absolute Gasteiger partial charge is 0.305 e. The number of unbranched alkanes of at least 4 members (excludes halogenated alkanes) is 48. The fourth-order valence-corrected chi connectivity index (χ4v) is 10.8. The lowest BCUT2D eigenvalue weighted by Crippen LogP contribution is -2.45. The van der Waals surface area contributed by atoms with Crippen molar-refractivity contribution in [3.8, 4) is 0 Å². The van der Waals surface area contributed by atoms with E-state index in [-0.39, 0.29) is 18.5 Å². The monoisotopic (exact) mass is 1080 g/mol. The molecule has 0 spiro atoms. The van der Waals surface area contributed by atoms with Gasteiger partial charge in [0.1, 0.15) is 0 Å². The van der Waals surface area contributed by atoms with Crippen LogP contribution in [0.1, 0.15) is 380 Å². The first-order valence-electron chi connectivity index (χ1n) is 34.7. The molecule has 0 fully saturated rings. The van der Waals surface area contributed by atoms with Crippen LogP contribution in [0.3, 0.4) is 0 Å². The van der Waals surface area contributed by atoms with Crippen LogP contribution in [0.4, 0.5) is 0 Å². The molecule has 0 aliphatic heterocycles. The highest BCUT2D eigenvalue weighted by molar-refractivity contribution is 5.76. The Morgan fingerprint density at radius 2 is 0.662 bits per heavy atom. The van der Waals surface area contributed by atoms with Gasteiger partial charge in [-0.15, -0.1) is 0 Å². The van der Waals surface area contributed by atoms with Gasteiger partial charge in [-0.3, -0.25) is 9.59 Å². The Kier molecular flexibility index (Phi) is 64.9. The minimum atomic E-state index is -0.666. The molecule has 0 heterocycles. The summed E-state index contributed by atoms with van der Waals surface area (Å²) in [6.45, 7) is 4.94. The van der Waals surface area contributed by atoms with Gasteiger partial charge in [-0.2, -0.15) is 0 Å². The summed E-state index contributed by atoms with van der Waals surface area (Å²) in [5, 5.41) is 23.4. The second-order valence-corrected chi connectivity index (χ2v) is 23.9. The number of amides is 1. The average Bonchev–Trinajstić information content (AvgIpc) is 3.43. The van der Waals surface area contributed by atoms with E-state index in [1.54, 1.807) is 0 Å². The number of rotatable bonds is 65. The summed E-state index contributed by atoms with van der Waals surface area (Å²) in [7, 11) is 0. The van der Waals surface area contributed by atoms with E-state index < -0.39 is 12.1 Å². The van der Waals surface area contributed by atoms with Crippen LogP contribution in [0, 0.1) is 0 Å². The van der Waals surface area contributed by atoms with Crippen LogP contribution in [0.2, 0.25) is 0 Å². The Hall–Kier alpha value is -1.92. The molecule has 2 unspecified atom stereocenters. The fourth-order valence-electron chi connectivity index (χ4n) is 10.8. The minimum absolute atomic E-state index is 0.00116. The van der Waals surface area contributed by atoms with Crippen molar-refractivity contribution >= 4 is 11.9 Å². The van der Waals surface area contributed by atoms with Crippen molar-refractivity contribution in [3.05, 3.63) is 36.5 Å². The van der Waals surface area contributed by atoms with Gasteiger partial charge in [0.15, 0.2) is 0 Å². The second kappa shape index (κ2) is 66.6. The predicted molar refractivity (Wildman–Crippen MR) is 338 cm³/mol. The molecule has 1 amide bonds. The zero-order valence-corrected chi connectivity index (χ0v) is 52.0. The highest BCUT2D eigenvalue weighted by Crippen LogP contribution is 2.18. The standard InChI is InChI=1S/C71H135NO5/c1-3-5-7-9-11-13-15-16-17-18-19-31-34-37-40-44-47-51-55-59-63-69(74)68(67-73)72-70(75)64-60-56-52-48-45-41-38-35-32-29-27-25-23-21-20-22-24-26-28-30-33-36-39-42-46-50-54-58-62-66-77-71(76)65-61-57-53-49-43-14-12-10-8-6-4-2/h10,12,20,22,26,28,68-69,73-74H,3-9,11,13-19,21,23-25,27,29-67H2,1-2H3,(H,72,75)/b12-10-,22-20-,28-26-. The molecule has 0 saturated carbocycles. The lowest BCUT2D eigenvalue weighted by molar-refractivity contribution is -0.143. The summed E-state index contributed by atoms with van der Waals surface area (Å²) in [6, 6.07) is -0.543. The molecular formula is C71H135NO5. The number of ether oxygens (including phenoxy) is 1. The van der Waals surface area contributed by atoms with E-state index >= 15 is 0 Å². The first-order chi connectivity index (χ1) is 38.0. The molecule has 0 rings (SSSR count). The maximum Gasteiger partial charge on any atom is 0.305 e. The molecule has 3 N–H and O–H groups in total. The number of allylic oxidation sites excluding steroid dienone is 6. The van der Waals surface area contributed by atoms with Crippen LogP contribution in [-0.2, 0) is 14.3 Å². The Morgan fingerprint density at radius 1 is 0.364 bits per heavy atom.